The molecule has 0 radical (unpaired) electrons. The van der Waals surface area contributed by atoms with E-state index >= 15 is 0 Å². The van der Waals surface area contributed by atoms with Gasteiger partial charge in [-0.05, 0) is 43.0 Å². The van der Waals surface area contributed by atoms with Gasteiger partial charge < -0.3 is 15.1 Å². The maximum absolute atomic E-state index is 12.3. The van der Waals surface area contributed by atoms with Crippen molar-refractivity contribution in [3.8, 4) is 0 Å². The summed E-state index contributed by atoms with van der Waals surface area (Å²) in [6.07, 6.45) is 8.68. The van der Waals surface area contributed by atoms with Crippen molar-refractivity contribution in [2.45, 2.75) is 38.5 Å². The van der Waals surface area contributed by atoms with E-state index in [-0.39, 0.29) is 5.91 Å². The number of carbonyl (C=O) groups excluding carboxylic acids is 1. The SMILES string of the molecule is O=C(CC1CCCCC1)Nc1ccc(N2CCN(c3ccccc3)CC2)nc1. The maximum atomic E-state index is 12.3. The van der Waals surface area contributed by atoms with Gasteiger partial charge in [-0.15, -0.1) is 0 Å². The third-order valence-electron chi connectivity index (χ3n) is 5.96. The van der Waals surface area contributed by atoms with Crippen molar-refractivity contribution in [2.24, 2.45) is 5.92 Å². The summed E-state index contributed by atoms with van der Waals surface area (Å²) in [7, 11) is 0. The summed E-state index contributed by atoms with van der Waals surface area (Å²) in [6, 6.07) is 14.6. The van der Waals surface area contributed by atoms with Gasteiger partial charge in [-0.25, -0.2) is 4.98 Å². The molecule has 1 aliphatic carbocycles. The van der Waals surface area contributed by atoms with Gasteiger partial charge in [0.1, 0.15) is 5.82 Å². The quantitative estimate of drug-likeness (QED) is 0.842. The van der Waals surface area contributed by atoms with Crippen LogP contribution >= 0.6 is 0 Å². The van der Waals surface area contributed by atoms with Crippen LogP contribution in [0.25, 0.3) is 0 Å². The van der Waals surface area contributed by atoms with Crippen LogP contribution in [0.4, 0.5) is 17.2 Å². The number of para-hydroxylation sites is 1. The molecule has 148 valence electrons. The van der Waals surface area contributed by atoms with Crippen molar-refractivity contribution in [1.82, 2.24) is 4.98 Å². The molecule has 1 saturated heterocycles. The number of anilines is 3. The van der Waals surface area contributed by atoms with Gasteiger partial charge in [0.05, 0.1) is 11.9 Å². The molecule has 2 heterocycles. The molecule has 5 nitrogen and oxygen atoms in total. The van der Waals surface area contributed by atoms with Crippen LogP contribution in [0.1, 0.15) is 38.5 Å². The highest BCUT2D eigenvalue weighted by atomic mass is 16.1. The Morgan fingerprint density at radius 1 is 0.929 bits per heavy atom. The zero-order valence-corrected chi connectivity index (χ0v) is 16.5. The number of hydrogen-bond donors (Lipinski definition) is 1. The molecule has 2 aliphatic rings. The molecule has 1 aliphatic heterocycles. The molecule has 2 aromatic rings. The van der Waals surface area contributed by atoms with Crippen molar-refractivity contribution in [3.63, 3.8) is 0 Å². The largest absolute Gasteiger partial charge is 0.368 e. The fourth-order valence-corrected chi connectivity index (χ4v) is 4.35. The Kier molecular flexibility index (Phi) is 6.10. The Morgan fingerprint density at radius 2 is 1.64 bits per heavy atom. The van der Waals surface area contributed by atoms with Crippen LogP contribution < -0.4 is 15.1 Å². The molecule has 1 aromatic carbocycles. The van der Waals surface area contributed by atoms with Crippen molar-refractivity contribution in [2.75, 3.05) is 41.3 Å². The van der Waals surface area contributed by atoms with Gasteiger partial charge in [0.25, 0.3) is 0 Å². The van der Waals surface area contributed by atoms with E-state index < -0.39 is 0 Å². The Hall–Kier alpha value is -2.56. The third kappa shape index (κ3) is 4.83. The molecule has 1 aromatic heterocycles. The first kappa shape index (κ1) is 18.8. The predicted octanol–water partition coefficient (Wildman–Crippen LogP) is 4.32. The zero-order valence-electron chi connectivity index (χ0n) is 16.5. The van der Waals surface area contributed by atoms with E-state index in [1.54, 1.807) is 6.20 Å². The van der Waals surface area contributed by atoms with E-state index in [1.165, 1.54) is 37.8 Å². The van der Waals surface area contributed by atoms with E-state index in [2.05, 4.69) is 50.4 Å². The van der Waals surface area contributed by atoms with Crippen molar-refractivity contribution < 1.29 is 4.79 Å². The summed E-state index contributed by atoms with van der Waals surface area (Å²) < 4.78 is 0. The lowest BCUT2D eigenvalue weighted by atomic mass is 9.87. The highest BCUT2D eigenvalue weighted by Crippen LogP contribution is 2.27. The fourth-order valence-electron chi connectivity index (χ4n) is 4.35. The fraction of sp³-hybridized carbons (Fsp3) is 0.478. The van der Waals surface area contributed by atoms with Crippen LogP contribution in [0.5, 0.6) is 0 Å². The number of nitrogens with one attached hydrogen (secondary N) is 1. The van der Waals surface area contributed by atoms with E-state index in [9.17, 15) is 4.79 Å². The molecule has 0 spiro atoms. The van der Waals surface area contributed by atoms with Gasteiger partial charge in [-0.1, -0.05) is 37.5 Å². The van der Waals surface area contributed by atoms with Crippen LogP contribution in [0.3, 0.4) is 0 Å². The Labute approximate surface area is 167 Å². The van der Waals surface area contributed by atoms with Gasteiger partial charge in [0.15, 0.2) is 0 Å². The molecule has 5 heteroatoms. The lowest BCUT2D eigenvalue weighted by molar-refractivity contribution is -0.117. The lowest BCUT2D eigenvalue weighted by Gasteiger charge is -2.36. The van der Waals surface area contributed by atoms with Gasteiger partial charge in [0.2, 0.25) is 5.91 Å². The summed E-state index contributed by atoms with van der Waals surface area (Å²) in [5.74, 6) is 1.66. The van der Waals surface area contributed by atoms with Crippen molar-refractivity contribution in [1.29, 1.82) is 0 Å². The second kappa shape index (κ2) is 9.09. The highest BCUT2D eigenvalue weighted by molar-refractivity contribution is 5.90. The first-order chi connectivity index (χ1) is 13.8. The number of carbonyl (C=O) groups is 1. The molecule has 2 fully saturated rings. The molecule has 28 heavy (non-hydrogen) atoms. The van der Waals surface area contributed by atoms with Gasteiger partial charge in [-0.3, -0.25) is 4.79 Å². The van der Waals surface area contributed by atoms with Crippen molar-refractivity contribution in [3.05, 3.63) is 48.7 Å². The summed E-state index contributed by atoms with van der Waals surface area (Å²) in [5.41, 5.74) is 2.08. The lowest BCUT2D eigenvalue weighted by Crippen LogP contribution is -2.46. The first-order valence-electron chi connectivity index (χ1n) is 10.6. The predicted molar refractivity (Wildman–Crippen MR) is 115 cm³/mol. The molecule has 1 N–H and O–H groups in total. The van der Waals surface area contributed by atoms with Crippen LogP contribution in [-0.4, -0.2) is 37.1 Å². The number of aromatic nitrogens is 1. The van der Waals surface area contributed by atoms with Gasteiger partial charge >= 0.3 is 0 Å². The van der Waals surface area contributed by atoms with Crippen LogP contribution in [0.2, 0.25) is 0 Å². The van der Waals surface area contributed by atoms with Gasteiger partial charge in [-0.2, -0.15) is 0 Å². The minimum absolute atomic E-state index is 0.123. The zero-order chi connectivity index (χ0) is 19.2. The van der Waals surface area contributed by atoms with E-state index in [4.69, 9.17) is 0 Å². The topological polar surface area (TPSA) is 48.5 Å². The average Bonchev–Trinajstić information content (AvgIpc) is 2.76. The molecule has 1 saturated carbocycles. The van der Waals surface area contributed by atoms with Crippen LogP contribution in [-0.2, 0) is 4.79 Å². The average molecular weight is 379 g/mol. The van der Waals surface area contributed by atoms with E-state index in [0.717, 1.165) is 37.7 Å². The summed E-state index contributed by atoms with van der Waals surface area (Å²) in [6.45, 7) is 3.89. The number of nitrogens with zero attached hydrogens (tertiary/aromatic N) is 3. The second-order valence-corrected chi connectivity index (χ2v) is 7.97. The molecule has 4 rings (SSSR count). The summed E-state index contributed by atoms with van der Waals surface area (Å²) in [4.78, 5) is 21.6. The maximum Gasteiger partial charge on any atom is 0.224 e. The molecule has 1 amide bonds. The standard InChI is InChI=1S/C23H30N4O/c28-23(17-19-7-3-1-4-8-19)25-20-11-12-22(24-18-20)27-15-13-26(14-16-27)21-9-5-2-6-10-21/h2,5-6,9-12,18-19H,1,3-4,7-8,13-17H2,(H,25,28). The Bertz CT molecular complexity index is 748. The molecule has 0 atom stereocenters. The van der Waals surface area contributed by atoms with Gasteiger partial charge in [0, 0.05) is 38.3 Å². The monoisotopic (exact) mass is 378 g/mol. The molecular formula is C23H30N4O. The highest BCUT2D eigenvalue weighted by Gasteiger charge is 2.19. The van der Waals surface area contributed by atoms with E-state index in [0.29, 0.717) is 12.3 Å². The molecule has 0 unspecified atom stereocenters. The number of piperazine rings is 1. The first-order valence-corrected chi connectivity index (χ1v) is 10.6. The summed E-state index contributed by atoms with van der Waals surface area (Å²) in [5, 5.41) is 3.02. The number of rotatable bonds is 5. The number of amides is 1. The Morgan fingerprint density at radius 3 is 2.32 bits per heavy atom. The molecule has 0 bridgehead atoms. The second-order valence-electron chi connectivity index (χ2n) is 7.97. The number of benzene rings is 1. The Balaban J connectivity index is 1.27. The molecular weight excluding hydrogens is 348 g/mol. The normalized spacial score (nSPS) is 18.1. The van der Waals surface area contributed by atoms with E-state index in [1.807, 2.05) is 12.1 Å². The summed E-state index contributed by atoms with van der Waals surface area (Å²) >= 11 is 0. The van der Waals surface area contributed by atoms with Crippen molar-refractivity contribution >= 4 is 23.1 Å². The third-order valence-corrected chi connectivity index (χ3v) is 5.96. The van der Waals surface area contributed by atoms with Crippen LogP contribution in [0.15, 0.2) is 48.7 Å². The number of hydrogen-bond acceptors (Lipinski definition) is 4. The number of pyridine rings is 1. The van der Waals surface area contributed by atoms with Crippen LogP contribution in [0, 0.1) is 5.92 Å². The smallest absolute Gasteiger partial charge is 0.224 e. The minimum atomic E-state index is 0.123. The minimum Gasteiger partial charge on any atom is -0.368 e.